The topological polar surface area (TPSA) is 33.2 Å². The highest BCUT2D eigenvalue weighted by Gasteiger charge is 2.23. The molecular formula is C14H16N2OS. The molecule has 4 heteroatoms. The SMILES string of the molecule is CC1CN(Cc2nc3ccccc3s2)CCC1=O. The third kappa shape index (κ3) is 2.31. The van der Waals surface area contributed by atoms with Gasteiger partial charge in [-0.15, -0.1) is 11.3 Å². The van der Waals surface area contributed by atoms with Crippen molar-refractivity contribution in [3.63, 3.8) is 0 Å². The number of benzene rings is 1. The molecule has 0 amide bonds. The van der Waals surface area contributed by atoms with E-state index in [1.807, 2.05) is 19.1 Å². The summed E-state index contributed by atoms with van der Waals surface area (Å²) < 4.78 is 1.24. The fraction of sp³-hybridized carbons (Fsp3) is 0.429. The number of hydrogen-bond acceptors (Lipinski definition) is 4. The van der Waals surface area contributed by atoms with Gasteiger partial charge in [-0.2, -0.15) is 0 Å². The van der Waals surface area contributed by atoms with Crippen LogP contribution in [-0.4, -0.2) is 28.8 Å². The standard InChI is InChI=1S/C14H16N2OS/c1-10-8-16(7-6-12(10)17)9-14-15-11-4-2-3-5-13(11)18-14/h2-5,10H,6-9H2,1H3. The average Bonchev–Trinajstić information content (AvgIpc) is 2.76. The Kier molecular flexibility index (Phi) is 3.14. The van der Waals surface area contributed by atoms with Gasteiger partial charge in [0, 0.05) is 25.4 Å². The first-order valence-corrected chi connectivity index (χ1v) is 7.13. The Bertz CT molecular complexity index is 545. The van der Waals surface area contributed by atoms with Gasteiger partial charge >= 0.3 is 0 Å². The number of carbonyl (C=O) groups excluding carboxylic acids is 1. The van der Waals surface area contributed by atoms with Gasteiger partial charge in [0.2, 0.25) is 0 Å². The zero-order valence-electron chi connectivity index (χ0n) is 10.4. The lowest BCUT2D eigenvalue weighted by Crippen LogP contribution is -2.38. The van der Waals surface area contributed by atoms with E-state index < -0.39 is 0 Å². The number of ketones is 1. The van der Waals surface area contributed by atoms with Crippen LogP contribution >= 0.6 is 11.3 Å². The van der Waals surface area contributed by atoms with Crippen LogP contribution in [0.25, 0.3) is 10.2 Å². The quantitative estimate of drug-likeness (QED) is 0.832. The molecular weight excluding hydrogens is 244 g/mol. The van der Waals surface area contributed by atoms with Crippen molar-refractivity contribution in [1.82, 2.24) is 9.88 Å². The lowest BCUT2D eigenvalue weighted by Gasteiger charge is -2.28. The molecule has 0 bridgehead atoms. The van der Waals surface area contributed by atoms with Crippen LogP contribution in [0.5, 0.6) is 0 Å². The molecule has 1 aromatic carbocycles. The highest BCUT2D eigenvalue weighted by atomic mass is 32.1. The molecule has 1 saturated heterocycles. The zero-order valence-corrected chi connectivity index (χ0v) is 11.2. The Morgan fingerprint density at radius 2 is 2.28 bits per heavy atom. The molecule has 1 aromatic heterocycles. The number of Topliss-reactive ketones (excluding diaryl/α,β-unsaturated/α-hetero) is 1. The highest BCUT2D eigenvalue weighted by Crippen LogP contribution is 2.24. The first-order valence-electron chi connectivity index (χ1n) is 6.32. The van der Waals surface area contributed by atoms with Crippen molar-refractivity contribution in [2.24, 2.45) is 5.92 Å². The van der Waals surface area contributed by atoms with Crippen LogP contribution in [0.3, 0.4) is 0 Å². The number of hydrogen-bond donors (Lipinski definition) is 0. The minimum Gasteiger partial charge on any atom is -0.299 e. The number of thiazole rings is 1. The molecule has 1 atom stereocenters. The summed E-state index contributed by atoms with van der Waals surface area (Å²) in [5.41, 5.74) is 1.08. The Hall–Kier alpha value is -1.26. The van der Waals surface area contributed by atoms with Crippen LogP contribution < -0.4 is 0 Å². The summed E-state index contributed by atoms with van der Waals surface area (Å²) in [5, 5.41) is 1.15. The largest absolute Gasteiger partial charge is 0.299 e. The van der Waals surface area contributed by atoms with E-state index in [2.05, 4.69) is 22.0 Å². The first kappa shape index (κ1) is 11.8. The van der Waals surface area contributed by atoms with Crippen molar-refractivity contribution in [3.05, 3.63) is 29.3 Å². The molecule has 0 spiro atoms. The number of aromatic nitrogens is 1. The van der Waals surface area contributed by atoms with Crippen LogP contribution in [0.1, 0.15) is 18.4 Å². The highest BCUT2D eigenvalue weighted by molar-refractivity contribution is 7.18. The van der Waals surface area contributed by atoms with Crippen LogP contribution in [-0.2, 0) is 11.3 Å². The number of likely N-dealkylation sites (tertiary alicyclic amines) is 1. The normalized spacial score (nSPS) is 21.6. The maximum atomic E-state index is 11.5. The van der Waals surface area contributed by atoms with Gasteiger partial charge in [-0.05, 0) is 12.1 Å². The Labute approximate surface area is 110 Å². The van der Waals surface area contributed by atoms with Crippen LogP contribution in [0.2, 0.25) is 0 Å². The van der Waals surface area contributed by atoms with Gasteiger partial charge in [0.25, 0.3) is 0 Å². The number of para-hydroxylation sites is 1. The molecule has 3 rings (SSSR count). The molecule has 3 nitrogen and oxygen atoms in total. The van der Waals surface area contributed by atoms with Crippen LogP contribution in [0.4, 0.5) is 0 Å². The maximum absolute atomic E-state index is 11.5. The fourth-order valence-electron chi connectivity index (χ4n) is 2.42. The number of nitrogens with zero attached hydrogens (tertiary/aromatic N) is 2. The van der Waals surface area contributed by atoms with Crippen molar-refractivity contribution in [2.45, 2.75) is 19.9 Å². The maximum Gasteiger partial charge on any atom is 0.138 e. The van der Waals surface area contributed by atoms with Crippen molar-refractivity contribution >= 4 is 27.3 Å². The summed E-state index contributed by atoms with van der Waals surface area (Å²) in [4.78, 5) is 18.5. The summed E-state index contributed by atoms with van der Waals surface area (Å²) in [6.07, 6.45) is 0.687. The van der Waals surface area contributed by atoms with E-state index in [9.17, 15) is 4.79 Å². The summed E-state index contributed by atoms with van der Waals surface area (Å²) in [6, 6.07) is 8.23. The molecule has 1 unspecified atom stereocenters. The molecule has 18 heavy (non-hydrogen) atoms. The smallest absolute Gasteiger partial charge is 0.138 e. The van der Waals surface area contributed by atoms with Crippen LogP contribution in [0.15, 0.2) is 24.3 Å². The summed E-state index contributed by atoms with van der Waals surface area (Å²) in [5.74, 6) is 0.573. The van der Waals surface area contributed by atoms with Gasteiger partial charge in [-0.25, -0.2) is 4.98 Å². The zero-order chi connectivity index (χ0) is 12.5. The van der Waals surface area contributed by atoms with Crippen molar-refractivity contribution in [3.8, 4) is 0 Å². The van der Waals surface area contributed by atoms with Gasteiger partial charge in [0.05, 0.1) is 16.8 Å². The van der Waals surface area contributed by atoms with Gasteiger partial charge in [0.15, 0.2) is 0 Å². The van der Waals surface area contributed by atoms with E-state index in [1.165, 1.54) is 4.70 Å². The summed E-state index contributed by atoms with van der Waals surface area (Å²) in [7, 11) is 0. The van der Waals surface area contributed by atoms with Gasteiger partial charge in [-0.3, -0.25) is 9.69 Å². The van der Waals surface area contributed by atoms with Crippen molar-refractivity contribution in [1.29, 1.82) is 0 Å². The molecule has 0 radical (unpaired) electrons. The molecule has 1 fully saturated rings. The number of fused-ring (bicyclic) bond motifs is 1. The van der Waals surface area contributed by atoms with Gasteiger partial charge in [0.1, 0.15) is 10.8 Å². The third-order valence-corrected chi connectivity index (χ3v) is 4.47. The Morgan fingerprint density at radius 3 is 3.06 bits per heavy atom. The molecule has 2 aromatic rings. The van der Waals surface area contributed by atoms with Crippen LogP contribution in [0, 0.1) is 5.92 Å². The summed E-state index contributed by atoms with van der Waals surface area (Å²) >= 11 is 1.76. The molecule has 94 valence electrons. The lowest BCUT2D eigenvalue weighted by molar-refractivity contribution is -0.125. The second-order valence-electron chi connectivity index (χ2n) is 4.93. The second kappa shape index (κ2) is 4.78. The van der Waals surface area contributed by atoms with E-state index in [1.54, 1.807) is 11.3 Å². The minimum absolute atomic E-state index is 0.174. The Balaban J connectivity index is 1.74. The van der Waals surface area contributed by atoms with E-state index in [-0.39, 0.29) is 5.92 Å². The summed E-state index contributed by atoms with van der Waals surface area (Å²) in [6.45, 7) is 4.64. The van der Waals surface area contributed by atoms with Gasteiger partial charge < -0.3 is 0 Å². The Morgan fingerprint density at radius 1 is 1.44 bits per heavy atom. The van der Waals surface area contributed by atoms with E-state index in [4.69, 9.17) is 0 Å². The fourth-order valence-corrected chi connectivity index (χ4v) is 3.43. The third-order valence-electron chi connectivity index (χ3n) is 3.45. The first-order chi connectivity index (χ1) is 8.72. The van der Waals surface area contributed by atoms with E-state index in [0.29, 0.717) is 12.2 Å². The number of rotatable bonds is 2. The second-order valence-corrected chi connectivity index (χ2v) is 6.04. The monoisotopic (exact) mass is 260 g/mol. The van der Waals surface area contributed by atoms with E-state index in [0.717, 1.165) is 30.2 Å². The molecule has 0 aliphatic carbocycles. The van der Waals surface area contributed by atoms with Crippen molar-refractivity contribution in [2.75, 3.05) is 13.1 Å². The predicted octanol–water partition coefficient (Wildman–Crippen LogP) is 2.71. The molecule has 0 saturated carbocycles. The molecule has 1 aliphatic heterocycles. The predicted molar refractivity (Wildman–Crippen MR) is 73.7 cm³/mol. The number of piperidine rings is 1. The van der Waals surface area contributed by atoms with E-state index >= 15 is 0 Å². The molecule has 2 heterocycles. The molecule has 1 aliphatic rings. The average molecular weight is 260 g/mol. The number of carbonyl (C=O) groups is 1. The van der Waals surface area contributed by atoms with Gasteiger partial charge in [-0.1, -0.05) is 19.1 Å². The lowest BCUT2D eigenvalue weighted by atomic mass is 9.99. The van der Waals surface area contributed by atoms with Crippen molar-refractivity contribution < 1.29 is 4.79 Å². The minimum atomic E-state index is 0.174. The molecule has 0 N–H and O–H groups in total.